The maximum atomic E-state index is 5.65. The molecule has 0 radical (unpaired) electrons. The molecule has 0 bridgehead atoms. The van der Waals surface area contributed by atoms with Gasteiger partial charge in [0, 0.05) is 18.8 Å². The van der Waals surface area contributed by atoms with Gasteiger partial charge in [0.15, 0.2) is 5.16 Å². The molecule has 7 nitrogen and oxygen atoms in total. The molecule has 30 heavy (non-hydrogen) atoms. The molecule has 4 aromatic rings. The van der Waals surface area contributed by atoms with Crippen molar-refractivity contribution in [3.63, 3.8) is 0 Å². The van der Waals surface area contributed by atoms with Crippen LogP contribution in [0.1, 0.15) is 11.3 Å². The predicted octanol–water partition coefficient (Wildman–Crippen LogP) is 4.42. The van der Waals surface area contributed by atoms with Crippen LogP contribution in [0.25, 0.3) is 16.5 Å². The molecule has 1 aliphatic rings. The number of morpholine rings is 1. The first-order chi connectivity index (χ1) is 14.8. The first-order valence-corrected chi connectivity index (χ1v) is 11.6. The van der Waals surface area contributed by atoms with Gasteiger partial charge >= 0.3 is 0 Å². The highest BCUT2D eigenvalue weighted by molar-refractivity contribution is 7.98. The van der Waals surface area contributed by atoms with Gasteiger partial charge in [-0.1, -0.05) is 35.5 Å². The third-order valence-electron chi connectivity index (χ3n) is 4.84. The fraction of sp³-hybridized carbons (Fsp3) is 0.286. The zero-order chi connectivity index (χ0) is 20.3. The zero-order valence-electron chi connectivity index (χ0n) is 16.5. The summed E-state index contributed by atoms with van der Waals surface area (Å²) in [5.41, 5.74) is 3.15. The van der Waals surface area contributed by atoms with Gasteiger partial charge in [0.1, 0.15) is 6.26 Å². The number of oxazole rings is 1. The van der Waals surface area contributed by atoms with Gasteiger partial charge in [-0.2, -0.15) is 0 Å². The average molecular weight is 440 g/mol. The van der Waals surface area contributed by atoms with Crippen LogP contribution in [0.3, 0.4) is 0 Å². The van der Waals surface area contributed by atoms with Crippen LogP contribution in [0.5, 0.6) is 0 Å². The summed E-state index contributed by atoms with van der Waals surface area (Å²) in [6.45, 7) is 5.11. The van der Waals surface area contributed by atoms with Crippen LogP contribution in [0.4, 0.5) is 5.95 Å². The van der Waals surface area contributed by atoms with Crippen molar-refractivity contribution < 1.29 is 9.15 Å². The summed E-state index contributed by atoms with van der Waals surface area (Å²) in [5, 5.41) is 11.9. The lowest BCUT2D eigenvalue weighted by atomic mass is 10.2. The number of aromatic nitrogens is 4. The molecule has 4 heterocycles. The summed E-state index contributed by atoms with van der Waals surface area (Å²) >= 11 is 3.23. The summed E-state index contributed by atoms with van der Waals surface area (Å²) in [6.07, 6.45) is 1.72. The van der Waals surface area contributed by atoms with E-state index in [2.05, 4.69) is 55.8 Å². The zero-order valence-corrected chi connectivity index (χ0v) is 18.2. The Kier molecular flexibility index (Phi) is 5.56. The fourth-order valence-corrected chi connectivity index (χ4v) is 4.75. The van der Waals surface area contributed by atoms with Gasteiger partial charge in [-0.3, -0.25) is 4.57 Å². The lowest BCUT2D eigenvalue weighted by molar-refractivity contribution is 0.122. The Morgan fingerprint density at radius 1 is 1.10 bits per heavy atom. The van der Waals surface area contributed by atoms with Gasteiger partial charge in [0.2, 0.25) is 11.8 Å². The largest absolute Gasteiger partial charge is 0.444 e. The Morgan fingerprint density at radius 3 is 2.70 bits per heavy atom. The molecule has 1 aliphatic heterocycles. The van der Waals surface area contributed by atoms with Crippen molar-refractivity contribution in [2.75, 3.05) is 31.2 Å². The van der Waals surface area contributed by atoms with E-state index in [0.29, 0.717) is 24.9 Å². The van der Waals surface area contributed by atoms with Crippen LogP contribution in [0, 0.1) is 6.92 Å². The summed E-state index contributed by atoms with van der Waals surface area (Å²) in [6, 6.07) is 12.4. The maximum Gasteiger partial charge on any atom is 0.236 e. The molecule has 1 aromatic carbocycles. The number of ether oxygens (including phenoxy) is 1. The van der Waals surface area contributed by atoms with E-state index in [1.165, 1.54) is 5.56 Å². The first kappa shape index (κ1) is 19.3. The number of benzene rings is 1. The fourth-order valence-electron chi connectivity index (χ4n) is 3.27. The van der Waals surface area contributed by atoms with E-state index in [9.17, 15) is 0 Å². The van der Waals surface area contributed by atoms with Crippen molar-refractivity contribution in [3.8, 4) is 16.5 Å². The second-order valence-corrected chi connectivity index (χ2v) is 8.85. The van der Waals surface area contributed by atoms with Gasteiger partial charge < -0.3 is 14.1 Å². The second kappa shape index (κ2) is 8.63. The topological polar surface area (TPSA) is 69.2 Å². The Bertz CT molecular complexity index is 1100. The van der Waals surface area contributed by atoms with Gasteiger partial charge in [-0.05, 0) is 30.5 Å². The molecule has 0 atom stereocenters. The molecule has 0 saturated carbocycles. The number of rotatable bonds is 6. The molecule has 0 N–H and O–H groups in total. The molecule has 0 aliphatic carbocycles. The second-order valence-electron chi connectivity index (χ2n) is 6.96. The Balaban J connectivity index is 1.41. The third-order valence-corrected chi connectivity index (χ3v) is 6.66. The van der Waals surface area contributed by atoms with Gasteiger partial charge in [0.05, 0.1) is 29.5 Å². The highest BCUT2D eigenvalue weighted by atomic mass is 32.2. The lowest BCUT2D eigenvalue weighted by Crippen LogP contribution is -2.37. The smallest absolute Gasteiger partial charge is 0.236 e. The minimum Gasteiger partial charge on any atom is -0.444 e. The molecule has 1 fully saturated rings. The van der Waals surface area contributed by atoms with Gasteiger partial charge in [-0.25, -0.2) is 4.98 Å². The van der Waals surface area contributed by atoms with E-state index in [4.69, 9.17) is 9.15 Å². The number of hydrogen-bond acceptors (Lipinski definition) is 8. The monoisotopic (exact) mass is 439 g/mol. The highest BCUT2D eigenvalue weighted by Gasteiger charge is 2.22. The molecule has 0 amide bonds. The summed E-state index contributed by atoms with van der Waals surface area (Å²) in [7, 11) is 0. The highest BCUT2D eigenvalue weighted by Crippen LogP contribution is 2.30. The van der Waals surface area contributed by atoms with Gasteiger partial charge in [0.25, 0.3) is 0 Å². The van der Waals surface area contributed by atoms with E-state index in [1.807, 2.05) is 17.5 Å². The molecular weight excluding hydrogens is 418 g/mol. The molecule has 1 saturated heterocycles. The minimum absolute atomic E-state index is 0.655. The molecule has 0 spiro atoms. The van der Waals surface area contributed by atoms with Crippen molar-refractivity contribution in [2.45, 2.75) is 17.8 Å². The predicted molar refractivity (Wildman–Crippen MR) is 119 cm³/mol. The van der Waals surface area contributed by atoms with Crippen molar-refractivity contribution in [3.05, 3.63) is 59.3 Å². The Morgan fingerprint density at radius 2 is 1.93 bits per heavy atom. The number of thioether (sulfide) groups is 1. The average Bonchev–Trinajstić information content (AvgIpc) is 3.53. The van der Waals surface area contributed by atoms with Crippen LogP contribution in [0.2, 0.25) is 0 Å². The van der Waals surface area contributed by atoms with Crippen molar-refractivity contribution in [1.82, 2.24) is 19.7 Å². The summed E-state index contributed by atoms with van der Waals surface area (Å²) in [5.74, 6) is 2.17. The maximum absolute atomic E-state index is 5.65. The van der Waals surface area contributed by atoms with Crippen molar-refractivity contribution >= 4 is 29.0 Å². The molecule has 3 aromatic heterocycles. The van der Waals surface area contributed by atoms with Crippen LogP contribution in [-0.4, -0.2) is 46.1 Å². The first-order valence-electron chi connectivity index (χ1n) is 9.74. The molecular formula is C21H21N5O2S2. The third kappa shape index (κ3) is 4.00. The normalized spacial score (nSPS) is 14.4. The van der Waals surface area contributed by atoms with E-state index in [-0.39, 0.29) is 0 Å². The molecule has 154 valence electrons. The number of thiophene rings is 1. The number of hydrogen-bond donors (Lipinski definition) is 0. The van der Waals surface area contributed by atoms with E-state index < -0.39 is 0 Å². The van der Waals surface area contributed by atoms with Crippen LogP contribution >= 0.6 is 23.1 Å². The summed E-state index contributed by atoms with van der Waals surface area (Å²) in [4.78, 5) is 7.88. The van der Waals surface area contributed by atoms with Crippen LogP contribution in [0.15, 0.2) is 57.6 Å². The molecule has 0 unspecified atom stereocenters. The van der Waals surface area contributed by atoms with Crippen LogP contribution in [-0.2, 0) is 10.5 Å². The lowest BCUT2D eigenvalue weighted by Gasteiger charge is -2.27. The Hall–Kier alpha value is -2.62. The van der Waals surface area contributed by atoms with E-state index >= 15 is 0 Å². The molecule has 9 heteroatoms. The van der Waals surface area contributed by atoms with E-state index in [0.717, 1.165) is 40.5 Å². The number of nitrogens with zero attached hydrogens (tertiary/aromatic N) is 5. The van der Waals surface area contributed by atoms with Crippen molar-refractivity contribution in [1.29, 1.82) is 0 Å². The number of aryl methyl sites for hydroxylation is 1. The van der Waals surface area contributed by atoms with E-state index in [1.54, 1.807) is 29.4 Å². The minimum atomic E-state index is 0.655. The number of anilines is 1. The summed E-state index contributed by atoms with van der Waals surface area (Å²) < 4.78 is 13.3. The molecule has 5 rings (SSSR count). The van der Waals surface area contributed by atoms with Crippen LogP contribution < -0.4 is 4.90 Å². The Labute approximate surface area is 182 Å². The SMILES string of the molecule is Cc1ccc(-n2c(SCc3coc(-c4cccs4)n3)nnc2N2CCOCC2)cc1. The standard InChI is InChI=1S/C21H21N5O2S2/c1-15-4-6-17(7-5-15)26-20(25-8-10-27-11-9-25)23-24-21(26)30-14-16-13-28-19(22-16)18-3-2-12-29-18/h2-7,12-13H,8-11,14H2,1H3. The van der Waals surface area contributed by atoms with Gasteiger partial charge in [-0.15, -0.1) is 21.5 Å². The van der Waals surface area contributed by atoms with Crippen molar-refractivity contribution in [2.24, 2.45) is 0 Å². The quantitative estimate of drug-likeness (QED) is 0.412.